The fraction of sp³-hybridized carbons (Fsp3) is 0.294. The highest BCUT2D eigenvalue weighted by molar-refractivity contribution is 5.84. The third-order valence-corrected chi connectivity index (χ3v) is 3.62. The maximum Gasteiger partial charge on any atom is 0.102 e. The lowest BCUT2D eigenvalue weighted by atomic mass is 10.0. The Bertz CT molecular complexity index is 743. The number of aliphatic hydroxyl groups is 1. The summed E-state index contributed by atoms with van der Waals surface area (Å²) in [5.41, 5.74) is 1.60. The normalized spacial score (nSPS) is 13.0. The minimum absolute atomic E-state index is 0.326. The standard InChI is InChI=1S/C17H19N3O/c1-12(2)20-10-8-14(19-20)11-16(21)17-15-6-4-3-5-13(15)7-9-18-17/h3-10,12,16,21H,11H2,1-2H3. The molecule has 1 aromatic carbocycles. The van der Waals surface area contributed by atoms with Crippen molar-refractivity contribution in [3.8, 4) is 0 Å². The van der Waals surface area contributed by atoms with E-state index < -0.39 is 6.10 Å². The zero-order valence-corrected chi connectivity index (χ0v) is 12.3. The maximum absolute atomic E-state index is 10.5. The monoisotopic (exact) mass is 281 g/mol. The molecule has 1 N–H and O–H groups in total. The Balaban J connectivity index is 1.88. The molecule has 0 amide bonds. The van der Waals surface area contributed by atoms with Gasteiger partial charge >= 0.3 is 0 Å². The average Bonchev–Trinajstić information content (AvgIpc) is 2.95. The minimum atomic E-state index is -0.647. The molecule has 108 valence electrons. The van der Waals surface area contributed by atoms with Gasteiger partial charge in [0.2, 0.25) is 0 Å². The molecule has 0 saturated heterocycles. The van der Waals surface area contributed by atoms with Gasteiger partial charge in [-0.05, 0) is 31.4 Å². The molecule has 2 aromatic heterocycles. The third kappa shape index (κ3) is 2.81. The van der Waals surface area contributed by atoms with Gasteiger partial charge in [-0.3, -0.25) is 9.67 Å². The van der Waals surface area contributed by atoms with Crippen LogP contribution in [0.4, 0.5) is 0 Å². The van der Waals surface area contributed by atoms with E-state index in [4.69, 9.17) is 0 Å². The Hall–Kier alpha value is -2.20. The third-order valence-electron chi connectivity index (χ3n) is 3.62. The number of aromatic nitrogens is 3. The lowest BCUT2D eigenvalue weighted by Crippen LogP contribution is -2.07. The Morgan fingerprint density at radius 1 is 1.14 bits per heavy atom. The van der Waals surface area contributed by atoms with Crippen molar-refractivity contribution < 1.29 is 5.11 Å². The summed E-state index contributed by atoms with van der Waals surface area (Å²) in [7, 11) is 0. The largest absolute Gasteiger partial charge is 0.386 e. The van der Waals surface area contributed by atoms with Crippen molar-refractivity contribution in [2.45, 2.75) is 32.4 Å². The molecule has 1 unspecified atom stereocenters. The lowest BCUT2D eigenvalue weighted by molar-refractivity contribution is 0.173. The number of benzene rings is 1. The molecule has 4 nitrogen and oxygen atoms in total. The van der Waals surface area contributed by atoms with Crippen molar-refractivity contribution in [2.24, 2.45) is 0 Å². The van der Waals surface area contributed by atoms with E-state index >= 15 is 0 Å². The fourth-order valence-electron chi connectivity index (χ4n) is 2.48. The van der Waals surface area contributed by atoms with Gasteiger partial charge in [0.25, 0.3) is 0 Å². The van der Waals surface area contributed by atoms with E-state index in [0.717, 1.165) is 16.5 Å². The number of pyridine rings is 1. The van der Waals surface area contributed by atoms with Crippen LogP contribution in [0.1, 0.15) is 37.4 Å². The van der Waals surface area contributed by atoms with Crippen LogP contribution in [0.2, 0.25) is 0 Å². The highest BCUT2D eigenvalue weighted by Crippen LogP contribution is 2.24. The number of rotatable bonds is 4. The first-order valence-corrected chi connectivity index (χ1v) is 7.21. The Morgan fingerprint density at radius 2 is 1.95 bits per heavy atom. The Kier molecular flexibility index (Phi) is 3.71. The Labute approximate surface area is 124 Å². The van der Waals surface area contributed by atoms with Gasteiger partial charge < -0.3 is 5.11 Å². The predicted octanol–water partition coefficient (Wildman–Crippen LogP) is 3.29. The topological polar surface area (TPSA) is 50.9 Å². The number of hydrogen-bond donors (Lipinski definition) is 1. The molecular formula is C17H19N3O. The van der Waals surface area contributed by atoms with Gasteiger partial charge in [-0.1, -0.05) is 24.3 Å². The molecule has 0 aliphatic rings. The second-order valence-electron chi connectivity index (χ2n) is 5.52. The fourth-order valence-corrected chi connectivity index (χ4v) is 2.48. The van der Waals surface area contributed by atoms with Gasteiger partial charge in [0, 0.05) is 30.2 Å². The van der Waals surface area contributed by atoms with Crippen LogP contribution in [0.15, 0.2) is 48.8 Å². The van der Waals surface area contributed by atoms with Crippen molar-refractivity contribution in [2.75, 3.05) is 0 Å². The minimum Gasteiger partial charge on any atom is -0.386 e. The van der Waals surface area contributed by atoms with E-state index in [9.17, 15) is 5.11 Å². The summed E-state index contributed by atoms with van der Waals surface area (Å²) in [5, 5.41) is 17.1. The van der Waals surface area contributed by atoms with Gasteiger partial charge in [0.15, 0.2) is 0 Å². The van der Waals surface area contributed by atoms with E-state index in [0.29, 0.717) is 18.2 Å². The molecule has 21 heavy (non-hydrogen) atoms. The molecule has 0 aliphatic heterocycles. The zero-order chi connectivity index (χ0) is 14.8. The summed E-state index contributed by atoms with van der Waals surface area (Å²) >= 11 is 0. The van der Waals surface area contributed by atoms with Crippen LogP contribution in [-0.2, 0) is 6.42 Å². The first kappa shape index (κ1) is 13.8. The summed E-state index contributed by atoms with van der Waals surface area (Å²) < 4.78 is 1.90. The molecule has 0 fully saturated rings. The molecule has 3 aromatic rings. The first-order valence-electron chi connectivity index (χ1n) is 7.21. The Morgan fingerprint density at radius 3 is 2.71 bits per heavy atom. The van der Waals surface area contributed by atoms with Crippen molar-refractivity contribution in [1.82, 2.24) is 14.8 Å². The summed E-state index contributed by atoms with van der Waals surface area (Å²) in [6.45, 7) is 4.17. The SMILES string of the molecule is CC(C)n1ccc(CC(O)c2nccc3ccccc23)n1. The molecular weight excluding hydrogens is 262 g/mol. The highest BCUT2D eigenvalue weighted by Gasteiger charge is 2.15. The molecule has 0 saturated carbocycles. The lowest BCUT2D eigenvalue weighted by Gasteiger charge is -2.11. The first-order chi connectivity index (χ1) is 10.1. The van der Waals surface area contributed by atoms with Gasteiger partial charge in [0.1, 0.15) is 6.10 Å². The van der Waals surface area contributed by atoms with Crippen LogP contribution in [0.25, 0.3) is 10.8 Å². The van der Waals surface area contributed by atoms with E-state index in [1.54, 1.807) is 6.20 Å². The van der Waals surface area contributed by atoms with Crippen LogP contribution in [0, 0.1) is 0 Å². The van der Waals surface area contributed by atoms with Crippen LogP contribution < -0.4 is 0 Å². The quantitative estimate of drug-likeness (QED) is 0.798. The number of fused-ring (bicyclic) bond motifs is 1. The smallest absolute Gasteiger partial charge is 0.102 e. The van der Waals surface area contributed by atoms with Gasteiger partial charge in [-0.15, -0.1) is 0 Å². The summed E-state index contributed by atoms with van der Waals surface area (Å²) in [5.74, 6) is 0. The highest BCUT2D eigenvalue weighted by atomic mass is 16.3. The molecule has 0 aliphatic carbocycles. The number of nitrogens with zero attached hydrogens (tertiary/aromatic N) is 3. The molecule has 1 atom stereocenters. The van der Waals surface area contributed by atoms with Crippen molar-refractivity contribution in [3.05, 3.63) is 60.2 Å². The molecule has 3 rings (SSSR count). The van der Waals surface area contributed by atoms with Crippen molar-refractivity contribution in [3.63, 3.8) is 0 Å². The van der Waals surface area contributed by atoms with Crippen molar-refractivity contribution >= 4 is 10.8 Å². The maximum atomic E-state index is 10.5. The van der Waals surface area contributed by atoms with E-state index in [1.165, 1.54) is 0 Å². The predicted molar refractivity (Wildman–Crippen MR) is 83.0 cm³/mol. The second kappa shape index (κ2) is 5.66. The molecule has 0 spiro atoms. The van der Waals surface area contributed by atoms with E-state index in [1.807, 2.05) is 47.3 Å². The van der Waals surface area contributed by atoms with E-state index in [-0.39, 0.29) is 0 Å². The van der Waals surface area contributed by atoms with Gasteiger partial charge in [-0.25, -0.2) is 0 Å². The molecule has 0 bridgehead atoms. The number of hydrogen-bond acceptors (Lipinski definition) is 3. The molecule has 0 radical (unpaired) electrons. The molecule has 4 heteroatoms. The van der Waals surface area contributed by atoms with Gasteiger partial charge in [-0.2, -0.15) is 5.10 Å². The summed E-state index contributed by atoms with van der Waals surface area (Å²) in [6, 6.07) is 12.2. The zero-order valence-electron chi connectivity index (χ0n) is 12.3. The van der Waals surface area contributed by atoms with E-state index in [2.05, 4.69) is 23.9 Å². The summed E-state index contributed by atoms with van der Waals surface area (Å²) in [4.78, 5) is 4.36. The van der Waals surface area contributed by atoms with Crippen molar-refractivity contribution in [1.29, 1.82) is 0 Å². The van der Waals surface area contributed by atoms with Crippen LogP contribution in [0.5, 0.6) is 0 Å². The van der Waals surface area contributed by atoms with Crippen LogP contribution >= 0.6 is 0 Å². The molecule has 2 heterocycles. The van der Waals surface area contributed by atoms with Gasteiger partial charge in [0.05, 0.1) is 11.4 Å². The average molecular weight is 281 g/mol. The number of aliphatic hydroxyl groups excluding tert-OH is 1. The summed E-state index contributed by atoms with van der Waals surface area (Å²) in [6.07, 6.45) is 3.52. The van der Waals surface area contributed by atoms with Crippen LogP contribution in [-0.4, -0.2) is 19.9 Å². The second-order valence-corrected chi connectivity index (χ2v) is 5.52. The van der Waals surface area contributed by atoms with Crippen LogP contribution in [0.3, 0.4) is 0 Å².